The molecule has 0 bridgehead atoms. The summed E-state index contributed by atoms with van der Waals surface area (Å²) in [5.74, 6) is -1.03. The molecule has 0 saturated heterocycles. The smallest absolute Gasteiger partial charge is 0.307 e. The molecule has 0 radical (unpaired) electrons. The summed E-state index contributed by atoms with van der Waals surface area (Å²) in [7, 11) is 0. The minimum absolute atomic E-state index is 0. The molecule has 1 N–H and O–H groups in total. The van der Waals surface area contributed by atoms with Gasteiger partial charge in [0.1, 0.15) is 0 Å². The van der Waals surface area contributed by atoms with Gasteiger partial charge >= 0.3 is 5.97 Å². The fourth-order valence-electron chi connectivity index (χ4n) is 1.36. The molecule has 1 saturated carbocycles. The molecule has 1 rings (SSSR count). The van der Waals surface area contributed by atoms with Crippen molar-refractivity contribution in [1.29, 1.82) is 0 Å². The van der Waals surface area contributed by atoms with E-state index in [2.05, 4.69) is 0 Å². The van der Waals surface area contributed by atoms with Gasteiger partial charge in [-0.15, -0.1) is 11.6 Å². The minimum Gasteiger partial charge on any atom is -0.481 e. The minimum atomic E-state index is -0.736. The molecule has 64 valence electrons. The molecule has 0 aliphatic heterocycles. The number of halogens is 1. The first-order chi connectivity index (χ1) is 4.72. The second kappa shape index (κ2) is 5.03. The predicted molar refractivity (Wildman–Crippen MR) is 49.2 cm³/mol. The molecule has 0 aromatic heterocycles. The molecule has 1 fully saturated rings. The highest BCUT2D eigenvalue weighted by Gasteiger charge is 2.28. The molecule has 0 heterocycles. The molecule has 4 heteroatoms. The fraction of sp³-hybridized carbons (Fsp3) is 0.857. The van der Waals surface area contributed by atoms with Gasteiger partial charge in [0, 0.05) is 5.38 Å². The number of alkyl halides is 1. The average Bonchev–Trinajstić information content (AvgIpc) is 1.88. The highest BCUT2D eigenvalue weighted by molar-refractivity contribution is 6.22. The summed E-state index contributed by atoms with van der Waals surface area (Å²) in [6.45, 7) is 0. The lowest BCUT2D eigenvalue weighted by atomic mass is 9.89. The number of carboxylic acid groups (broad SMARTS) is 1. The highest BCUT2D eigenvalue weighted by atomic mass is 35.5. The molecule has 0 aromatic carbocycles. The van der Waals surface area contributed by atoms with Crippen molar-refractivity contribution in [1.82, 2.24) is 0 Å². The van der Waals surface area contributed by atoms with Crippen molar-refractivity contribution in [3.05, 3.63) is 0 Å². The maximum atomic E-state index is 10.5. The van der Waals surface area contributed by atoms with E-state index in [0.29, 0.717) is 0 Å². The van der Waals surface area contributed by atoms with E-state index in [4.69, 9.17) is 16.7 Å². The summed E-state index contributed by atoms with van der Waals surface area (Å²) < 4.78 is 0. The second-order valence-electron chi connectivity index (χ2n) is 2.75. The Labute approximate surface area is 82.1 Å². The molecular formula is C7H14AlClO2. The maximum absolute atomic E-state index is 10.5. The third kappa shape index (κ3) is 3.03. The van der Waals surface area contributed by atoms with Crippen LogP contribution in [0.1, 0.15) is 25.7 Å². The molecule has 2 unspecified atom stereocenters. The number of carboxylic acids is 1. The summed E-state index contributed by atoms with van der Waals surface area (Å²) in [6, 6.07) is 0. The van der Waals surface area contributed by atoms with Crippen molar-refractivity contribution in [2.24, 2.45) is 5.92 Å². The predicted octanol–water partition coefficient (Wildman–Crippen LogP) is 0.685. The van der Waals surface area contributed by atoms with Crippen LogP contribution >= 0.6 is 11.6 Å². The van der Waals surface area contributed by atoms with Crippen LogP contribution in [-0.2, 0) is 4.79 Å². The van der Waals surface area contributed by atoms with E-state index in [1.54, 1.807) is 0 Å². The summed E-state index contributed by atoms with van der Waals surface area (Å²) >= 11 is 5.80. The van der Waals surface area contributed by atoms with Crippen LogP contribution in [0.25, 0.3) is 0 Å². The highest BCUT2D eigenvalue weighted by Crippen LogP contribution is 2.28. The molecule has 0 spiro atoms. The molecule has 2 nitrogen and oxygen atoms in total. The number of hydrogen-bond acceptors (Lipinski definition) is 1. The van der Waals surface area contributed by atoms with Crippen LogP contribution in [0.15, 0.2) is 0 Å². The van der Waals surface area contributed by atoms with E-state index < -0.39 is 5.97 Å². The van der Waals surface area contributed by atoms with Crippen molar-refractivity contribution in [2.45, 2.75) is 31.1 Å². The largest absolute Gasteiger partial charge is 0.481 e. The van der Waals surface area contributed by atoms with Gasteiger partial charge in [-0.25, -0.2) is 0 Å². The van der Waals surface area contributed by atoms with Crippen LogP contribution in [0.3, 0.4) is 0 Å². The number of rotatable bonds is 1. The Balaban J connectivity index is 0.000001000. The van der Waals surface area contributed by atoms with E-state index in [0.717, 1.165) is 25.7 Å². The van der Waals surface area contributed by atoms with Crippen LogP contribution in [0, 0.1) is 5.92 Å². The lowest BCUT2D eigenvalue weighted by Gasteiger charge is -2.22. The van der Waals surface area contributed by atoms with Gasteiger partial charge in [0.05, 0.1) is 5.92 Å². The van der Waals surface area contributed by atoms with E-state index >= 15 is 0 Å². The van der Waals surface area contributed by atoms with Crippen molar-refractivity contribution < 1.29 is 9.90 Å². The Morgan fingerprint density at radius 2 is 1.91 bits per heavy atom. The Hall–Kier alpha value is 0.292. The van der Waals surface area contributed by atoms with Gasteiger partial charge < -0.3 is 5.11 Å². The van der Waals surface area contributed by atoms with Gasteiger partial charge in [0.2, 0.25) is 0 Å². The van der Waals surface area contributed by atoms with Gasteiger partial charge in [0.15, 0.2) is 17.4 Å². The van der Waals surface area contributed by atoms with Gasteiger partial charge in [-0.2, -0.15) is 0 Å². The third-order valence-electron chi connectivity index (χ3n) is 2.00. The normalized spacial score (nSPS) is 30.6. The molecule has 1 aliphatic rings. The molecular weight excluding hydrogens is 179 g/mol. The van der Waals surface area contributed by atoms with Gasteiger partial charge in [0.25, 0.3) is 0 Å². The van der Waals surface area contributed by atoms with E-state index in [9.17, 15) is 4.79 Å². The van der Waals surface area contributed by atoms with E-state index in [1.807, 2.05) is 0 Å². The number of hydrogen-bond donors (Lipinski definition) is 1. The quantitative estimate of drug-likeness (QED) is 0.490. The van der Waals surface area contributed by atoms with Crippen LogP contribution in [0.2, 0.25) is 0 Å². The zero-order chi connectivity index (χ0) is 7.56. The average molecular weight is 193 g/mol. The zero-order valence-corrected chi connectivity index (χ0v) is 6.47. The topological polar surface area (TPSA) is 37.3 Å². The Bertz CT molecular complexity index is 140. The zero-order valence-electron chi connectivity index (χ0n) is 5.72. The Morgan fingerprint density at radius 3 is 2.27 bits per heavy atom. The van der Waals surface area contributed by atoms with Crippen molar-refractivity contribution in [3.8, 4) is 0 Å². The fourth-order valence-corrected chi connectivity index (χ4v) is 1.75. The number of aliphatic carboxylic acids is 1. The summed E-state index contributed by atoms with van der Waals surface area (Å²) in [5, 5.41) is 8.49. The maximum Gasteiger partial charge on any atom is 0.307 e. The van der Waals surface area contributed by atoms with E-state index in [-0.39, 0.29) is 28.7 Å². The first-order valence-corrected chi connectivity index (χ1v) is 4.02. The first-order valence-electron chi connectivity index (χ1n) is 3.58. The molecule has 11 heavy (non-hydrogen) atoms. The summed E-state index contributed by atoms with van der Waals surface area (Å²) in [6.07, 6.45) is 3.71. The van der Waals surface area contributed by atoms with Crippen molar-refractivity contribution in [3.63, 3.8) is 0 Å². The number of carbonyl (C=O) groups is 1. The lowest BCUT2D eigenvalue weighted by molar-refractivity contribution is -0.142. The van der Waals surface area contributed by atoms with Gasteiger partial charge in [-0.05, 0) is 12.8 Å². The molecule has 1 aliphatic carbocycles. The van der Waals surface area contributed by atoms with Crippen molar-refractivity contribution >= 4 is 34.9 Å². The third-order valence-corrected chi connectivity index (χ3v) is 2.52. The summed E-state index contributed by atoms with van der Waals surface area (Å²) in [5.41, 5.74) is 0. The van der Waals surface area contributed by atoms with Gasteiger partial charge in [-0.1, -0.05) is 12.8 Å². The Kier molecular flexibility index (Phi) is 5.16. The molecule has 2 atom stereocenters. The van der Waals surface area contributed by atoms with Crippen molar-refractivity contribution in [2.75, 3.05) is 0 Å². The standard InChI is InChI=1S/C7H11ClO2.Al.3H/c8-6-4-2-1-3-5(6)7(9)10;;;;/h5-6H,1-4H2,(H,9,10);;;;. The van der Waals surface area contributed by atoms with Crippen LogP contribution < -0.4 is 0 Å². The Morgan fingerprint density at radius 1 is 1.36 bits per heavy atom. The van der Waals surface area contributed by atoms with E-state index in [1.165, 1.54) is 0 Å². The molecule has 0 amide bonds. The van der Waals surface area contributed by atoms with Gasteiger partial charge in [-0.3, -0.25) is 4.79 Å². The van der Waals surface area contributed by atoms with Crippen LogP contribution in [0.4, 0.5) is 0 Å². The first kappa shape index (κ1) is 11.3. The second-order valence-corrected chi connectivity index (χ2v) is 3.31. The monoisotopic (exact) mass is 192 g/mol. The van der Waals surface area contributed by atoms with Crippen LogP contribution in [-0.4, -0.2) is 33.8 Å². The summed E-state index contributed by atoms with van der Waals surface area (Å²) in [4.78, 5) is 10.5. The van der Waals surface area contributed by atoms with Crippen LogP contribution in [0.5, 0.6) is 0 Å². The molecule has 0 aromatic rings. The SMILES string of the molecule is O=C(O)C1CCCCC1Cl.[AlH3]. The lowest BCUT2D eigenvalue weighted by Crippen LogP contribution is -2.27.